The fourth-order valence-electron chi connectivity index (χ4n) is 3.36. The Hall–Kier alpha value is -2.48. The van der Waals surface area contributed by atoms with Gasteiger partial charge in [-0.3, -0.25) is 4.90 Å². The van der Waals surface area contributed by atoms with Crippen molar-refractivity contribution in [3.63, 3.8) is 0 Å². The number of fused-ring (bicyclic) bond motifs is 1. The van der Waals surface area contributed by atoms with Crippen molar-refractivity contribution < 1.29 is 4.52 Å². The van der Waals surface area contributed by atoms with E-state index in [4.69, 9.17) is 4.52 Å². The van der Waals surface area contributed by atoms with Crippen molar-refractivity contribution in [2.75, 3.05) is 6.54 Å². The third-order valence-electron chi connectivity index (χ3n) is 4.83. The summed E-state index contributed by atoms with van der Waals surface area (Å²) in [6.45, 7) is 9.61. The number of aromatic nitrogens is 6. The maximum absolute atomic E-state index is 5.29. The molecule has 0 fully saturated rings. The van der Waals surface area contributed by atoms with Crippen LogP contribution >= 0.6 is 0 Å². The van der Waals surface area contributed by atoms with Crippen molar-refractivity contribution >= 4 is 0 Å². The fraction of sp³-hybridized carbons (Fsp3) is 0.500. The third-order valence-corrected chi connectivity index (χ3v) is 4.83. The smallest absolute Gasteiger partial charge is 0.138 e. The van der Waals surface area contributed by atoms with Crippen LogP contribution in [0.25, 0.3) is 0 Å². The molecule has 8 nitrogen and oxygen atoms in total. The molecule has 0 aromatic carbocycles. The summed E-state index contributed by atoms with van der Waals surface area (Å²) in [7, 11) is 0. The van der Waals surface area contributed by atoms with Crippen LogP contribution in [0.3, 0.4) is 0 Å². The zero-order valence-electron chi connectivity index (χ0n) is 14.2. The van der Waals surface area contributed by atoms with Gasteiger partial charge in [0.25, 0.3) is 0 Å². The van der Waals surface area contributed by atoms with Crippen molar-refractivity contribution in [3.8, 4) is 0 Å². The minimum absolute atomic E-state index is 0.247. The zero-order chi connectivity index (χ0) is 16.7. The average molecular weight is 327 g/mol. The lowest BCUT2D eigenvalue weighted by Crippen LogP contribution is -2.37. The summed E-state index contributed by atoms with van der Waals surface area (Å²) in [6.07, 6.45) is 5.24. The minimum atomic E-state index is 0.247. The number of hydrogen-bond donors (Lipinski definition) is 0. The molecular formula is C16H21N7O. The average Bonchev–Trinajstić information content (AvgIpc) is 3.28. The Kier molecular flexibility index (Phi) is 3.68. The van der Waals surface area contributed by atoms with Crippen LogP contribution < -0.4 is 0 Å². The molecule has 0 saturated carbocycles. The Balaban J connectivity index is 1.55. The van der Waals surface area contributed by atoms with E-state index in [0.717, 1.165) is 36.9 Å². The molecule has 0 amide bonds. The predicted octanol–water partition coefficient (Wildman–Crippen LogP) is 1.70. The highest BCUT2D eigenvalue weighted by Crippen LogP contribution is 2.28. The topological polar surface area (TPSA) is 77.8 Å². The molecule has 3 aromatic rings. The van der Waals surface area contributed by atoms with Gasteiger partial charge in [-0.25, -0.2) is 14.6 Å². The Bertz CT molecular complexity index is 813. The van der Waals surface area contributed by atoms with Gasteiger partial charge in [-0.15, -0.1) is 0 Å². The van der Waals surface area contributed by atoms with Gasteiger partial charge in [0.05, 0.1) is 30.2 Å². The second-order valence-corrected chi connectivity index (χ2v) is 6.30. The third kappa shape index (κ3) is 2.52. The van der Waals surface area contributed by atoms with Gasteiger partial charge in [0, 0.05) is 25.2 Å². The lowest BCUT2D eigenvalue weighted by Gasteiger charge is -2.34. The van der Waals surface area contributed by atoms with Crippen LogP contribution in [0.5, 0.6) is 0 Å². The van der Waals surface area contributed by atoms with E-state index in [0.29, 0.717) is 6.54 Å². The summed E-state index contributed by atoms with van der Waals surface area (Å²) in [5, 5.41) is 8.24. The molecule has 1 atom stereocenters. The van der Waals surface area contributed by atoms with Gasteiger partial charge in [0.2, 0.25) is 0 Å². The molecule has 0 saturated heterocycles. The number of rotatable bonds is 4. The second-order valence-electron chi connectivity index (χ2n) is 6.30. The number of aryl methyl sites for hydroxylation is 2. The van der Waals surface area contributed by atoms with E-state index in [1.165, 1.54) is 11.3 Å². The number of hydrogen-bond acceptors (Lipinski definition) is 6. The first-order chi connectivity index (χ1) is 11.6. The molecule has 0 bridgehead atoms. The summed E-state index contributed by atoms with van der Waals surface area (Å²) in [4.78, 5) is 11.1. The summed E-state index contributed by atoms with van der Waals surface area (Å²) in [6, 6.07) is 0.247. The van der Waals surface area contributed by atoms with Gasteiger partial charge in [-0.1, -0.05) is 5.16 Å². The summed E-state index contributed by atoms with van der Waals surface area (Å²) < 4.78 is 9.42. The first-order valence-corrected chi connectivity index (χ1v) is 8.16. The van der Waals surface area contributed by atoms with E-state index in [1.807, 2.05) is 24.7 Å². The lowest BCUT2D eigenvalue weighted by atomic mass is 10.1. The normalized spacial score (nSPS) is 18.0. The van der Waals surface area contributed by atoms with E-state index >= 15 is 0 Å². The summed E-state index contributed by atoms with van der Waals surface area (Å²) >= 11 is 0. The standard InChI is InChI=1S/C16H21N7O/c1-11-15(13(3)24-20-11)8-21-4-5-23-14(6-18-16(23)12(21)2)7-22-10-17-9-19-22/h6,9-10,12H,4-5,7-8H2,1-3H3. The molecule has 8 heteroatoms. The monoisotopic (exact) mass is 327 g/mol. The number of imidazole rings is 1. The quantitative estimate of drug-likeness (QED) is 0.726. The molecule has 0 radical (unpaired) electrons. The molecule has 1 aliphatic rings. The molecule has 126 valence electrons. The summed E-state index contributed by atoms with van der Waals surface area (Å²) in [5.41, 5.74) is 3.32. The van der Waals surface area contributed by atoms with Gasteiger partial charge in [0.15, 0.2) is 0 Å². The predicted molar refractivity (Wildman–Crippen MR) is 86.2 cm³/mol. The van der Waals surface area contributed by atoms with Gasteiger partial charge < -0.3 is 9.09 Å². The Morgan fingerprint density at radius 1 is 1.25 bits per heavy atom. The molecule has 3 aromatic heterocycles. The molecule has 1 unspecified atom stereocenters. The van der Waals surface area contributed by atoms with Crippen LogP contribution in [0.15, 0.2) is 23.4 Å². The van der Waals surface area contributed by atoms with Crippen LogP contribution in [0.1, 0.15) is 41.5 Å². The van der Waals surface area contributed by atoms with Crippen LogP contribution in [0.2, 0.25) is 0 Å². The van der Waals surface area contributed by atoms with Crippen molar-refractivity contribution in [2.45, 2.75) is 46.4 Å². The van der Waals surface area contributed by atoms with Crippen LogP contribution in [0.4, 0.5) is 0 Å². The molecule has 0 spiro atoms. The van der Waals surface area contributed by atoms with Crippen molar-refractivity contribution in [2.24, 2.45) is 0 Å². The Morgan fingerprint density at radius 3 is 2.83 bits per heavy atom. The van der Waals surface area contributed by atoms with E-state index < -0.39 is 0 Å². The highest BCUT2D eigenvalue weighted by Gasteiger charge is 2.28. The first kappa shape index (κ1) is 15.1. The first-order valence-electron chi connectivity index (χ1n) is 8.16. The van der Waals surface area contributed by atoms with Crippen LogP contribution in [0, 0.1) is 13.8 Å². The Labute approximate surface area is 140 Å². The van der Waals surface area contributed by atoms with E-state index in [-0.39, 0.29) is 6.04 Å². The largest absolute Gasteiger partial charge is 0.361 e. The fourth-order valence-corrected chi connectivity index (χ4v) is 3.36. The minimum Gasteiger partial charge on any atom is -0.361 e. The highest BCUT2D eigenvalue weighted by molar-refractivity contribution is 5.21. The van der Waals surface area contributed by atoms with E-state index in [1.54, 1.807) is 12.7 Å². The zero-order valence-corrected chi connectivity index (χ0v) is 14.2. The van der Waals surface area contributed by atoms with Gasteiger partial charge in [-0.2, -0.15) is 5.10 Å². The molecule has 0 N–H and O–H groups in total. The second kappa shape index (κ2) is 5.86. The van der Waals surface area contributed by atoms with E-state index in [9.17, 15) is 0 Å². The van der Waals surface area contributed by atoms with Crippen LogP contribution in [-0.2, 0) is 19.6 Å². The molecule has 4 heterocycles. The molecule has 24 heavy (non-hydrogen) atoms. The van der Waals surface area contributed by atoms with E-state index in [2.05, 4.69) is 36.6 Å². The maximum Gasteiger partial charge on any atom is 0.138 e. The Morgan fingerprint density at radius 2 is 2.12 bits per heavy atom. The molecule has 4 rings (SSSR count). The van der Waals surface area contributed by atoms with Crippen molar-refractivity contribution in [1.82, 2.24) is 34.4 Å². The SMILES string of the molecule is Cc1noc(C)c1CN1CCn2c(Cn3cncn3)cnc2C1C. The molecule has 1 aliphatic heterocycles. The van der Waals surface area contributed by atoms with Gasteiger partial charge >= 0.3 is 0 Å². The molecule has 0 aliphatic carbocycles. The number of nitrogens with zero attached hydrogens (tertiary/aromatic N) is 7. The highest BCUT2D eigenvalue weighted by atomic mass is 16.5. The molecular weight excluding hydrogens is 306 g/mol. The maximum atomic E-state index is 5.29. The van der Waals surface area contributed by atoms with Crippen molar-refractivity contribution in [1.29, 1.82) is 0 Å². The van der Waals surface area contributed by atoms with Gasteiger partial charge in [0.1, 0.15) is 24.2 Å². The van der Waals surface area contributed by atoms with Crippen molar-refractivity contribution in [3.05, 3.63) is 47.4 Å². The van der Waals surface area contributed by atoms with Crippen LogP contribution in [-0.4, -0.2) is 40.9 Å². The van der Waals surface area contributed by atoms with Gasteiger partial charge in [-0.05, 0) is 20.8 Å². The summed E-state index contributed by atoms with van der Waals surface area (Å²) in [5.74, 6) is 2.00. The lowest BCUT2D eigenvalue weighted by molar-refractivity contribution is 0.154.